The summed E-state index contributed by atoms with van der Waals surface area (Å²) in [6.45, 7) is 3.33. The third-order valence-corrected chi connectivity index (χ3v) is 4.24. The number of piperazine rings is 1. The molecule has 114 valence electrons. The zero-order valence-corrected chi connectivity index (χ0v) is 12.4. The van der Waals surface area contributed by atoms with Gasteiger partial charge in [0.2, 0.25) is 5.91 Å². The molecule has 1 atom stereocenters. The monoisotopic (exact) mass is 290 g/mol. The van der Waals surface area contributed by atoms with E-state index < -0.39 is 0 Å². The third-order valence-electron chi connectivity index (χ3n) is 4.24. The summed E-state index contributed by atoms with van der Waals surface area (Å²) in [6.07, 6.45) is 4.20. The van der Waals surface area contributed by atoms with Crippen LogP contribution in [-0.4, -0.2) is 60.9 Å². The van der Waals surface area contributed by atoms with Gasteiger partial charge >= 0.3 is 0 Å². The number of carbonyl (C=O) groups excluding carboxylic acids is 1. The van der Waals surface area contributed by atoms with E-state index in [1.165, 1.54) is 0 Å². The fourth-order valence-electron chi connectivity index (χ4n) is 3.14. The molecule has 0 bridgehead atoms. The summed E-state index contributed by atoms with van der Waals surface area (Å²) in [5, 5.41) is 3.38. The van der Waals surface area contributed by atoms with Crippen LogP contribution >= 0.6 is 0 Å². The number of guanidine groups is 1. The predicted molar refractivity (Wildman–Crippen MR) is 80.1 cm³/mol. The van der Waals surface area contributed by atoms with Gasteiger partial charge < -0.3 is 19.5 Å². The van der Waals surface area contributed by atoms with Crippen molar-refractivity contribution in [3.63, 3.8) is 0 Å². The first-order chi connectivity index (χ1) is 10.3. The molecule has 2 aliphatic rings. The first kappa shape index (κ1) is 14.0. The van der Waals surface area contributed by atoms with Crippen molar-refractivity contribution >= 4 is 11.9 Å². The topological polar surface area (TPSA) is 61.1 Å². The van der Waals surface area contributed by atoms with Gasteiger partial charge in [0.15, 0.2) is 5.96 Å². The molecular formula is C15H22N4O2. The average molecular weight is 290 g/mol. The van der Waals surface area contributed by atoms with Gasteiger partial charge in [0.05, 0.1) is 6.26 Å². The Bertz CT molecular complexity index is 512. The van der Waals surface area contributed by atoms with Crippen LogP contribution in [0.25, 0.3) is 0 Å². The molecule has 1 amide bonds. The Morgan fingerprint density at radius 2 is 2.43 bits per heavy atom. The number of carbonyl (C=O) groups is 1. The highest BCUT2D eigenvalue weighted by atomic mass is 16.3. The molecule has 1 aromatic heterocycles. The molecule has 0 radical (unpaired) electrons. The van der Waals surface area contributed by atoms with Crippen molar-refractivity contribution in [2.75, 3.05) is 33.2 Å². The second kappa shape index (κ2) is 6.20. The lowest BCUT2D eigenvalue weighted by Crippen LogP contribution is -2.56. The standard InChI is InChI=1S/C15H22N4O2/c1-16-15(17-7-6-13-3-2-10-21-13)18-8-9-19-12(11-18)4-5-14(19)20/h2-3,10,12H,4-9,11H2,1H3,(H,16,17). The van der Waals surface area contributed by atoms with Crippen LogP contribution in [0.15, 0.2) is 27.8 Å². The molecule has 1 N–H and O–H groups in total. The van der Waals surface area contributed by atoms with Gasteiger partial charge in [-0.25, -0.2) is 0 Å². The van der Waals surface area contributed by atoms with Gasteiger partial charge in [0, 0.05) is 52.1 Å². The largest absolute Gasteiger partial charge is 0.469 e. The second-order valence-electron chi connectivity index (χ2n) is 5.53. The maximum absolute atomic E-state index is 11.7. The van der Waals surface area contributed by atoms with Crippen LogP contribution in [0.1, 0.15) is 18.6 Å². The Balaban J connectivity index is 1.51. The SMILES string of the molecule is CN=C(NCCc1ccco1)N1CCN2C(=O)CCC2C1. The van der Waals surface area contributed by atoms with E-state index in [1.54, 1.807) is 13.3 Å². The maximum Gasteiger partial charge on any atom is 0.223 e. The second-order valence-corrected chi connectivity index (χ2v) is 5.53. The number of aliphatic imine (C=N–C) groups is 1. The Labute approximate surface area is 124 Å². The summed E-state index contributed by atoms with van der Waals surface area (Å²) in [5.41, 5.74) is 0. The number of rotatable bonds is 3. The van der Waals surface area contributed by atoms with Crippen LogP contribution in [0.3, 0.4) is 0 Å². The summed E-state index contributed by atoms with van der Waals surface area (Å²) in [5.74, 6) is 2.20. The predicted octanol–water partition coefficient (Wildman–Crippen LogP) is 0.704. The van der Waals surface area contributed by atoms with Crippen molar-refractivity contribution in [2.24, 2.45) is 4.99 Å². The zero-order valence-electron chi connectivity index (χ0n) is 12.4. The van der Waals surface area contributed by atoms with Gasteiger partial charge in [-0.05, 0) is 18.6 Å². The van der Waals surface area contributed by atoms with E-state index in [9.17, 15) is 4.79 Å². The number of nitrogens with zero attached hydrogens (tertiary/aromatic N) is 3. The van der Waals surface area contributed by atoms with E-state index in [2.05, 4.69) is 15.2 Å². The number of fused-ring (bicyclic) bond motifs is 1. The number of amides is 1. The molecule has 1 aromatic rings. The number of hydrogen-bond donors (Lipinski definition) is 1. The fraction of sp³-hybridized carbons (Fsp3) is 0.600. The van der Waals surface area contributed by atoms with Crippen LogP contribution < -0.4 is 5.32 Å². The molecule has 6 nitrogen and oxygen atoms in total. The van der Waals surface area contributed by atoms with Crippen molar-refractivity contribution in [1.29, 1.82) is 0 Å². The van der Waals surface area contributed by atoms with Crippen molar-refractivity contribution in [3.05, 3.63) is 24.2 Å². The van der Waals surface area contributed by atoms with Crippen LogP contribution in [0, 0.1) is 0 Å². The maximum atomic E-state index is 11.7. The summed E-state index contributed by atoms with van der Waals surface area (Å²) >= 11 is 0. The Hall–Kier alpha value is -1.98. The lowest BCUT2D eigenvalue weighted by molar-refractivity contribution is -0.130. The first-order valence-corrected chi connectivity index (χ1v) is 7.55. The van der Waals surface area contributed by atoms with Gasteiger partial charge in [-0.15, -0.1) is 0 Å². The van der Waals surface area contributed by atoms with Gasteiger partial charge in [-0.1, -0.05) is 0 Å². The van der Waals surface area contributed by atoms with E-state index in [0.717, 1.165) is 50.7 Å². The normalized spacial score (nSPS) is 22.6. The number of hydrogen-bond acceptors (Lipinski definition) is 3. The first-order valence-electron chi connectivity index (χ1n) is 7.55. The highest BCUT2D eigenvalue weighted by molar-refractivity contribution is 5.82. The fourth-order valence-corrected chi connectivity index (χ4v) is 3.14. The minimum atomic E-state index is 0.306. The molecular weight excluding hydrogens is 268 g/mol. The lowest BCUT2D eigenvalue weighted by Gasteiger charge is -2.39. The average Bonchev–Trinajstić information content (AvgIpc) is 3.14. The molecule has 0 spiro atoms. The molecule has 3 heterocycles. The quantitative estimate of drug-likeness (QED) is 0.658. The summed E-state index contributed by atoms with van der Waals surface area (Å²) in [4.78, 5) is 20.3. The minimum Gasteiger partial charge on any atom is -0.469 e. The Morgan fingerprint density at radius 3 is 3.19 bits per heavy atom. The van der Waals surface area contributed by atoms with E-state index in [1.807, 2.05) is 17.0 Å². The van der Waals surface area contributed by atoms with E-state index >= 15 is 0 Å². The smallest absolute Gasteiger partial charge is 0.223 e. The molecule has 0 aliphatic carbocycles. The van der Waals surface area contributed by atoms with Crippen LogP contribution in [0.4, 0.5) is 0 Å². The van der Waals surface area contributed by atoms with Crippen molar-refractivity contribution in [1.82, 2.24) is 15.1 Å². The van der Waals surface area contributed by atoms with E-state index in [4.69, 9.17) is 4.42 Å². The van der Waals surface area contributed by atoms with Crippen molar-refractivity contribution in [2.45, 2.75) is 25.3 Å². The van der Waals surface area contributed by atoms with E-state index in [-0.39, 0.29) is 0 Å². The van der Waals surface area contributed by atoms with Gasteiger partial charge in [-0.3, -0.25) is 9.79 Å². The minimum absolute atomic E-state index is 0.306. The van der Waals surface area contributed by atoms with E-state index in [0.29, 0.717) is 18.4 Å². The molecule has 21 heavy (non-hydrogen) atoms. The molecule has 2 saturated heterocycles. The highest BCUT2D eigenvalue weighted by Gasteiger charge is 2.36. The molecule has 2 fully saturated rings. The highest BCUT2D eigenvalue weighted by Crippen LogP contribution is 2.22. The van der Waals surface area contributed by atoms with Gasteiger partial charge in [-0.2, -0.15) is 0 Å². The summed E-state index contributed by atoms with van der Waals surface area (Å²) < 4.78 is 5.33. The summed E-state index contributed by atoms with van der Waals surface area (Å²) in [6, 6.07) is 4.24. The molecule has 6 heteroatoms. The molecule has 0 saturated carbocycles. The number of nitrogens with one attached hydrogen (secondary N) is 1. The van der Waals surface area contributed by atoms with Crippen LogP contribution in [0.5, 0.6) is 0 Å². The van der Waals surface area contributed by atoms with Crippen LogP contribution in [0.2, 0.25) is 0 Å². The van der Waals surface area contributed by atoms with Crippen molar-refractivity contribution in [3.8, 4) is 0 Å². The molecule has 3 rings (SSSR count). The molecule has 2 aliphatic heterocycles. The number of furan rings is 1. The van der Waals surface area contributed by atoms with Crippen molar-refractivity contribution < 1.29 is 9.21 Å². The Kier molecular flexibility index (Phi) is 4.13. The van der Waals surface area contributed by atoms with Gasteiger partial charge in [0.25, 0.3) is 0 Å². The van der Waals surface area contributed by atoms with Crippen LogP contribution in [-0.2, 0) is 11.2 Å². The lowest BCUT2D eigenvalue weighted by atomic mass is 10.1. The zero-order chi connectivity index (χ0) is 14.7. The third kappa shape index (κ3) is 3.04. The van der Waals surface area contributed by atoms with Gasteiger partial charge in [0.1, 0.15) is 5.76 Å². The molecule has 1 unspecified atom stereocenters. The molecule has 0 aromatic carbocycles. The Morgan fingerprint density at radius 1 is 1.52 bits per heavy atom. The summed E-state index contributed by atoms with van der Waals surface area (Å²) in [7, 11) is 1.81.